The number of carbonyl (C=O) groups is 1. The van der Waals surface area contributed by atoms with Crippen LogP contribution in [0.1, 0.15) is 13.3 Å². The van der Waals surface area contributed by atoms with Gasteiger partial charge in [-0.3, -0.25) is 9.59 Å². The van der Waals surface area contributed by atoms with Crippen LogP contribution in [0.3, 0.4) is 0 Å². The molecule has 1 atom stereocenters. The number of halogens is 2. The van der Waals surface area contributed by atoms with E-state index in [9.17, 15) is 9.59 Å². The molecule has 0 aliphatic heterocycles. The fourth-order valence-electron chi connectivity index (χ4n) is 1.88. The summed E-state index contributed by atoms with van der Waals surface area (Å²) in [4.78, 5) is 23.8. The third-order valence-corrected chi connectivity index (χ3v) is 4.64. The smallest absolute Gasteiger partial charge is 0.250 e. The lowest BCUT2D eigenvalue weighted by Crippen LogP contribution is -2.27. The Bertz CT molecular complexity index is 585. The van der Waals surface area contributed by atoms with Gasteiger partial charge < -0.3 is 14.6 Å². The van der Waals surface area contributed by atoms with E-state index in [2.05, 4.69) is 5.32 Å². The number of methoxy groups -OCH3 is 1. The fraction of sp³-hybridized carbons (Fsp3) is 0.538. The molecular weight excluding hydrogens is 303 g/mol. The van der Waals surface area contributed by atoms with Crippen molar-refractivity contribution in [2.75, 3.05) is 19.0 Å². The van der Waals surface area contributed by atoms with Crippen molar-refractivity contribution in [3.63, 3.8) is 0 Å². The summed E-state index contributed by atoms with van der Waals surface area (Å²) >= 11 is 11.9. The van der Waals surface area contributed by atoms with Gasteiger partial charge in [0.1, 0.15) is 4.33 Å². The lowest BCUT2D eigenvalue weighted by Gasteiger charge is -2.13. The lowest BCUT2D eigenvalue weighted by molar-refractivity contribution is -0.120. The van der Waals surface area contributed by atoms with Crippen LogP contribution >= 0.6 is 23.2 Å². The Morgan fingerprint density at radius 1 is 1.50 bits per heavy atom. The van der Waals surface area contributed by atoms with Gasteiger partial charge in [0.15, 0.2) is 0 Å². The molecule has 0 unspecified atom stereocenters. The predicted molar refractivity (Wildman–Crippen MR) is 78.4 cm³/mol. The first-order chi connectivity index (χ1) is 9.30. The molecule has 1 saturated carbocycles. The molecule has 1 N–H and O–H groups in total. The number of rotatable bonds is 5. The highest BCUT2D eigenvalue weighted by Crippen LogP contribution is 2.64. The van der Waals surface area contributed by atoms with Gasteiger partial charge in [-0.05, 0) is 19.4 Å². The lowest BCUT2D eigenvalue weighted by atomic mass is 10.1. The number of pyridine rings is 1. The summed E-state index contributed by atoms with van der Waals surface area (Å²) in [6.45, 7) is 2.55. The van der Waals surface area contributed by atoms with Crippen molar-refractivity contribution >= 4 is 34.8 Å². The van der Waals surface area contributed by atoms with Gasteiger partial charge in [0.2, 0.25) is 5.91 Å². The quantitative estimate of drug-likeness (QED) is 0.845. The van der Waals surface area contributed by atoms with E-state index >= 15 is 0 Å². The van der Waals surface area contributed by atoms with Crippen molar-refractivity contribution in [2.45, 2.75) is 24.2 Å². The van der Waals surface area contributed by atoms with Crippen molar-refractivity contribution in [3.05, 3.63) is 28.7 Å². The van der Waals surface area contributed by atoms with Crippen LogP contribution in [0.2, 0.25) is 0 Å². The summed E-state index contributed by atoms with van der Waals surface area (Å²) in [6, 6.07) is 2.95. The van der Waals surface area contributed by atoms with Crippen molar-refractivity contribution in [1.29, 1.82) is 0 Å². The van der Waals surface area contributed by atoms with E-state index in [1.54, 1.807) is 26.3 Å². The number of hydrogen-bond acceptors (Lipinski definition) is 3. The summed E-state index contributed by atoms with van der Waals surface area (Å²) in [7, 11) is 1.56. The molecule has 1 fully saturated rings. The number of ether oxygens (including phenoxy) is 1. The molecule has 1 amide bonds. The normalized spacial score (nSPS) is 23.4. The second kappa shape index (κ2) is 5.39. The minimum absolute atomic E-state index is 0.151. The molecule has 20 heavy (non-hydrogen) atoms. The van der Waals surface area contributed by atoms with Crippen molar-refractivity contribution < 1.29 is 9.53 Å². The summed E-state index contributed by atoms with van der Waals surface area (Å²) in [5.41, 5.74) is -0.409. The number of nitrogens with zero attached hydrogens (tertiary/aromatic N) is 1. The zero-order valence-electron chi connectivity index (χ0n) is 11.3. The van der Waals surface area contributed by atoms with Crippen LogP contribution in [0.5, 0.6) is 0 Å². The summed E-state index contributed by atoms with van der Waals surface area (Å²) in [5.74, 6) is -0.251. The number of nitrogens with one attached hydrogen (secondary N) is 1. The monoisotopic (exact) mass is 318 g/mol. The topological polar surface area (TPSA) is 60.3 Å². The third kappa shape index (κ3) is 2.85. The molecule has 0 spiro atoms. The van der Waals surface area contributed by atoms with E-state index in [0.717, 1.165) is 0 Å². The minimum Gasteiger partial charge on any atom is -0.383 e. The summed E-state index contributed by atoms with van der Waals surface area (Å²) in [6.07, 6.45) is 1.99. The molecule has 0 radical (unpaired) electrons. The van der Waals surface area contributed by atoms with E-state index in [1.807, 2.05) is 0 Å². The molecule has 1 aromatic rings. The maximum atomic E-state index is 12.1. The van der Waals surface area contributed by atoms with Gasteiger partial charge in [0.25, 0.3) is 5.56 Å². The molecule has 0 saturated heterocycles. The molecule has 5 nitrogen and oxygen atoms in total. The highest BCUT2D eigenvalue weighted by molar-refractivity contribution is 6.53. The Balaban J connectivity index is 2.11. The van der Waals surface area contributed by atoms with Crippen LogP contribution < -0.4 is 10.9 Å². The number of carbonyl (C=O) groups excluding carboxylic acids is 1. The predicted octanol–water partition coefficient (Wildman–Crippen LogP) is 2.02. The van der Waals surface area contributed by atoms with Gasteiger partial charge in [0, 0.05) is 25.9 Å². The molecule has 0 aromatic carbocycles. The van der Waals surface area contributed by atoms with Crippen LogP contribution in [0.15, 0.2) is 23.1 Å². The fourth-order valence-corrected chi connectivity index (χ4v) is 2.59. The van der Waals surface area contributed by atoms with Gasteiger partial charge in [-0.2, -0.15) is 0 Å². The molecular formula is C13H16Cl2N2O3. The van der Waals surface area contributed by atoms with Crippen LogP contribution in [-0.4, -0.2) is 28.5 Å². The first-order valence-corrected chi connectivity index (χ1v) is 6.94. The number of hydrogen-bond donors (Lipinski definition) is 1. The largest absolute Gasteiger partial charge is 0.383 e. The van der Waals surface area contributed by atoms with Crippen molar-refractivity contribution in [3.8, 4) is 0 Å². The van der Waals surface area contributed by atoms with Gasteiger partial charge in [0.05, 0.1) is 17.7 Å². The standard InChI is InChI=1S/C13H16Cl2N2O3/c1-12(8-13(12,14)15)11(19)16-9-3-4-10(18)17(7-9)5-6-20-2/h3-4,7H,5-6,8H2,1-2H3,(H,16,19)/t12-/m1/s1. The van der Waals surface area contributed by atoms with Gasteiger partial charge >= 0.3 is 0 Å². The second-order valence-corrected chi connectivity index (χ2v) is 6.59. The van der Waals surface area contributed by atoms with Crippen LogP contribution in [0, 0.1) is 5.41 Å². The Hall–Kier alpha value is -1.04. The third-order valence-electron chi connectivity index (χ3n) is 3.54. The second-order valence-electron chi connectivity index (χ2n) is 5.11. The Morgan fingerprint density at radius 3 is 2.70 bits per heavy atom. The number of alkyl halides is 2. The molecule has 110 valence electrons. The Labute approximate surface area is 126 Å². The first kappa shape index (κ1) is 15.4. The van der Waals surface area contributed by atoms with Crippen molar-refractivity contribution in [1.82, 2.24) is 4.57 Å². The Kier molecular flexibility index (Phi) is 4.14. The Morgan fingerprint density at radius 2 is 2.15 bits per heavy atom. The molecule has 2 rings (SSSR count). The van der Waals surface area contributed by atoms with E-state index in [4.69, 9.17) is 27.9 Å². The van der Waals surface area contributed by atoms with E-state index in [0.29, 0.717) is 25.3 Å². The highest BCUT2D eigenvalue weighted by atomic mass is 35.5. The zero-order valence-corrected chi connectivity index (χ0v) is 12.8. The van der Waals surface area contributed by atoms with Crippen molar-refractivity contribution in [2.24, 2.45) is 5.41 Å². The maximum absolute atomic E-state index is 12.1. The number of anilines is 1. The molecule has 1 heterocycles. The van der Waals surface area contributed by atoms with E-state index in [1.165, 1.54) is 10.6 Å². The van der Waals surface area contributed by atoms with Gasteiger partial charge in [-0.15, -0.1) is 23.2 Å². The molecule has 1 aliphatic carbocycles. The average Bonchev–Trinajstić information content (AvgIpc) is 2.90. The molecule has 0 bridgehead atoms. The maximum Gasteiger partial charge on any atom is 0.250 e. The SMILES string of the molecule is COCCn1cc(NC(=O)[C@@]2(C)CC2(Cl)Cl)ccc1=O. The van der Waals surface area contributed by atoms with Gasteiger partial charge in [-0.25, -0.2) is 0 Å². The van der Waals surface area contributed by atoms with Crippen LogP contribution in [-0.2, 0) is 16.1 Å². The first-order valence-electron chi connectivity index (χ1n) is 6.19. The molecule has 1 aliphatic rings. The number of aromatic nitrogens is 1. The van der Waals surface area contributed by atoms with Crippen LogP contribution in [0.4, 0.5) is 5.69 Å². The average molecular weight is 319 g/mol. The number of amides is 1. The van der Waals surface area contributed by atoms with E-state index < -0.39 is 9.75 Å². The molecule has 7 heteroatoms. The minimum atomic E-state index is -1.01. The molecule has 1 aromatic heterocycles. The summed E-state index contributed by atoms with van der Waals surface area (Å²) < 4.78 is 5.39. The highest BCUT2D eigenvalue weighted by Gasteiger charge is 2.67. The van der Waals surface area contributed by atoms with Crippen LogP contribution in [0.25, 0.3) is 0 Å². The van der Waals surface area contributed by atoms with E-state index in [-0.39, 0.29) is 11.5 Å². The summed E-state index contributed by atoms with van der Waals surface area (Å²) in [5, 5.41) is 2.74. The zero-order chi connectivity index (χ0) is 15.0. The van der Waals surface area contributed by atoms with Gasteiger partial charge in [-0.1, -0.05) is 0 Å².